The number of halogens is 1. The summed E-state index contributed by atoms with van der Waals surface area (Å²) in [4.78, 5) is 2.94. The second-order valence-electron chi connectivity index (χ2n) is 4.42. The molecule has 2 unspecified atom stereocenters. The van der Waals surface area contributed by atoms with E-state index >= 15 is 0 Å². The predicted octanol–water partition coefficient (Wildman–Crippen LogP) is 4.06. The van der Waals surface area contributed by atoms with E-state index in [1.165, 1.54) is 38.5 Å². The van der Waals surface area contributed by atoms with E-state index in [0.29, 0.717) is 10.9 Å². The maximum atomic E-state index is 3.77. The van der Waals surface area contributed by atoms with Gasteiger partial charge >= 0.3 is 0 Å². The number of hydrogen-bond acceptors (Lipinski definition) is 1. The summed E-state index contributed by atoms with van der Waals surface area (Å²) >= 11 is 3.77. The highest BCUT2D eigenvalue weighted by molar-refractivity contribution is 9.09. The molecule has 0 aliphatic heterocycles. The second-order valence-corrected chi connectivity index (χ2v) is 5.60. The summed E-state index contributed by atoms with van der Waals surface area (Å²) in [5.74, 6) is 0. The Balaban J connectivity index is 3.39. The van der Waals surface area contributed by atoms with Gasteiger partial charge in [0.15, 0.2) is 0 Å². The summed E-state index contributed by atoms with van der Waals surface area (Å²) in [7, 11) is 4.30. The number of hydrogen-bond donors (Lipinski definition) is 0. The number of unbranched alkanes of at least 4 members (excludes halogenated alkanes) is 4. The predicted molar refractivity (Wildman–Crippen MR) is 69.2 cm³/mol. The Kier molecular flexibility index (Phi) is 9.00. The first-order valence-corrected chi connectivity index (χ1v) is 6.81. The topological polar surface area (TPSA) is 3.24 Å². The van der Waals surface area contributed by atoms with Crippen LogP contribution in [0.15, 0.2) is 0 Å². The fourth-order valence-corrected chi connectivity index (χ4v) is 2.30. The Labute approximate surface area is 98.4 Å². The molecule has 14 heavy (non-hydrogen) atoms. The first-order chi connectivity index (χ1) is 6.59. The third kappa shape index (κ3) is 6.83. The molecule has 0 N–H and O–H groups in total. The molecule has 0 rings (SSSR count). The van der Waals surface area contributed by atoms with Gasteiger partial charge in [-0.25, -0.2) is 0 Å². The molecule has 1 nitrogen and oxygen atoms in total. The number of rotatable bonds is 8. The lowest BCUT2D eigenvalue weighted by Crippen LogP contribution is -2.32. The van der Waals surface area contributed by atoms with Crippen LogP contribution >= 0.6 is 15.9 Å². The summed E-state index contributed by atoms with van der Waals surface area (Å²) in [6.45, 7) is 4.55. The quantitative estimate of drug-likeness (QED) is 0.472. The van der Waals surface area contributed by atoms with Crippen LogP contribution in [0.1, 0.15) is 52.4 Å². The Morgan fingerprint density at radius 1 is 1.07 bits per heavy atom. The third-order valence-corrected chi connectivity index (χ3v) is 4.14. The molecule has 0 heterocycles. The SMILES string of the molecule is CCCCCCCC(Br)C(C)N(C)C. The summed E-state index contributed by atoms with van der Waals surface area (Å²) in [6, 6.07) is 0.640. The molecule has 2 atom stereocenters. The van der Waals surface area contributed by atoms with Gasteiger partial charge in [-0.3, -0.25) is 0 Å². The first-order valence-electron chi connectivity index (χ1n) is 5.90. The highest BCUT2D eigenvalue weighted by Gasteiger charge is 2.14. The van der Waals surface area contributed by atoms with Crippen LogP contribution in [0.3, 0.4) is 0 Å². The molecule has 0 fully saturated rings. The average molecular weight is 264 g/mol. The second kappa shape index (κ2) is 8.72. The smallest absolute Gasteiger partial charge is 0.0298 e. The minimum atomic E-state index is 0.640. The molecule has 0 aliphatic carbocycles. The Morgan fingerprint density at radius 3 is 2.14 bits per heavy atom. The van der Waals surface area contributed by atoms with Crippen LogP contribution < -0.4 is 0 Å². The molecule has 0 radical (unpaired) electrons. The van der Waals surface area contributed by atoms with Crippen molar-refractivity contribution in [3.63, 3.8) is 0 Å². The van der Waals surface area contributed by atoms with Gasteiger partial charge in [-0.2, -0.15) is 0 Å². The van der Waals surface area contributed by atoms with Gasteiger partial charge in [0, 0.05) is 10.9 Å². The standard InChI is InChI=1S/C12H26BrN/c1-5-6-7-8-9-10-12(13)11(2)14(3)4/h11-12H,5-10H2,1-4H3. The van der Waals surface area contributed by atoms with E-state index in [4.69, 9.17) is 0 Å². The Hall–Kier alpha value is 0.440. The van der Waals surface area contributed by atoms with Crippen molar-refractivity contribution in [3.8, 4) is 0 Å². The van der Waals surface area contributed by atoms with E-state index in [-0.39, 0.29) is 0 Å². The Bertz CT molecular complexity index is 125. The molecule has 0 bridgehead atoms. The molecule has 0 amide bonds. The lowest BCUT2D eigenvalue weighted by molar-refractivity contribution is 0.301. The van der Waals surface area contributed by atoms with Gasteiger partial charge in [0.05, 0.1) is 0 Å². The minimum absolute atomic E-state index is 0.640. The van der Waals surface area contributed by atoms with Crippen molar-refractivity contribution in [1.82, 2.24) is 4.90 Å². The Morgan fingerprint density at radius 2 is 1.64 bits per heavy atom. The lowest BCUT2D eigenvalue weighted by atomic mass is 10.1. The minimum Gasteiger partial charge on any atom is -0.306 e. The molecule has 0 aromatic heterocycles. The highest BCUT2D eigenvalue weighted by atomic mass is 79.9. The van der Waals surface area contributed by atoms with Gasteiger partial charge in [0.2, 0.25) is 0 Å². The molecule has 0 spiro atoms. The highest BCUT2D eigenvalue weighted by Crippen LogP contribution is 2.18. The normalized spacial score (nSPS) is 15.9. The molecule has 86 valence electrons. The van der Waals surface area contributed by atoms with Crippen molar-refractivity contribution in [2.45, 2.75) is 63.2 Å². The fourth-order valence-electron chi connectivity index (χ4n) is 1.51. The third-order valence-electron chi connectivity index (χ3n) is 2.92. The van der Waals surface area contributed by atoms with Gasteiger partial charge < -0.3 is 4.90 Å². The van der Waals surface area contributed by atoms with E-state index in [9.17, 15) is 0 Å². The lowest BCUT2D eigenvalue weighted by Gasteiger charge is -2.24. The average Bonchev–Trinajstić information content (AvgIpc) is 2.16. The van der Waals surface area contributed by atoms with Gasteiger partial charge in [-0.05, 0) is 27.4 Å². The van der Waals surface area contributed by atoms with Crippen molar-refractivity contribution < 1.29 is 0 Å². The molecule has 0 aliphatic rings. The maximum absolute atomic E-state index is 3.77. The largest absolute Gasteiger partial charge is 0.306 e. The molecule has 0 saturated heterocycles. The van der Waals surface area contributed by atoms with Gasteiger partial charge in [-0.1, -0.05) is 55.0 Å². The van der Waals surface area contributed by atoms with Crippen LogP contribution in [0.2, 0.25) is 0 Å². The van der Waals surface area contributed by atoms with E-state index in [1.54, 1.807) is 0 Å². The molecular weight excluding hydrogens is 238 g/mol. The zero-order valence-electron chi connectivity index (χ0n) is 10.2. The first kappa shape index (κ1) is 14.4. The van der Waals surface area contributed by atoms with Crippen LogP contribution in [0.4, 0.5) is 0 Å². The van der Waals surface area contributed by atoms with Crippen molar-refractivity contribution in [1.29, 1.82) is 0 Å². The van der Waals surface area contributed by atoms with Gasteiger partial charge in [-0.15, -0.1) is 0 Å². The van der Waals surface area contributed by atoms with Crippen molar-refractivity contribution in [3.05, 3.63) is 0 Å². The maximum Gasteiger partial charge on any atom is 0.0298 e. The summed E-state index contributed by atoms with van der Waals surface area (Å²) < 4.78 is 0. The van der Waals surface area contributed by atoms with Gasteiger partial charge in [0.1, 0.15) is 0 Å². The molecular formula is C12H26BrN. The monoisotopic (exact) mass is 263 g/mol. The molecule has 0 aromatic carbocycles. The van der Waals surface area contributed by atoms with E-state index in [2.05, 4.69) is 48.8 Å². The molecule has 2 heteroatoms. The van der Waals surface area contributed by atoms with Crippen LogP contribution in [-0.2, 0) is 0 Å². The molecule has 0 saturated carbocycles. The van der Waals surface area contributed by atoms with Crippen molar-refractivity contribution in [2.75, 3.05) is 14.1 Å². The fraction of sp³-hybridized carbons (Fsp3) is 1.00. The summed E-state index contributed by atoms with van der Waals surface area (Å²) in [5, 5.41) is 0. The number of nitrogens with zero attached hydrogens (tertiary/aromatic N) is 1. The van der Waals surface area contributed by atoms with Crippen molar-refractivity contribution >= 4 is 15.9 Å². The molecule has 0 aromatic rings. The van der Waals surface area contributed by atoms with Crippen LogP contribution in [0, 0.1) is 0 Å². The van der Waals surface area contributed by atoms with Crippen LogP contribution in [-0.4, -0.2) is 29.9 Å². The summed E-state index contributed by atoms with van der Waals surface area (Å²) in [6.07, 6.45) is 8.22. The van der Waals surface area contributed by atoms with E-state index in [0.717, 1.165) is 0 Å². The summed E-state index contributed by atoms with van der Waals surface area (Å²) in [5.41, 5.74) is 0. The van der Waals surface area contributed by atoms with E-state index in [1.807, 2.05) is 0 Å². The van der Waals surface area contributed by atoms with Crippen molar-refractivity contribution in [2.24, 2.45) is 0 Å². The number of alkyl halides is 1. The van der Waals surface area contributed by atoms with Crippen LogP contribution in [0.5, 0.6) is 0 Å². The van der Waals surface area contributed by atoms with Crippen LogP contribution in [0.25, 0.3) is 0 Å². The van der Waals surface area contributed by atoms with Gasteiger partial charge in [0.25, 0.3) is 0 Å². The zero-order valence-corrected chi connectivity index (χ0v) is 11.8. The van der Waals surface area contributed by atoms with E-state index < -0.39 is 0 Å². The zero-order chi connectivity index (χ0) is 11.0.